The molecule has 132 valence electrons. The van der Waals surface area contributed by atoms with Crippen molar-refractivity contribution in [1.82, 2.24) is 15.0 Å². The predicted octanol–water partition coefficient (Wildman–Crippen LogP) is 4.64. The van der Waals surface area contributed by atoms with Crippen LogP contribution in [0.15, 0.2) is 30.0 Å². The van der Waals surface area contributed by atoms with Crippen LogP contribution >= 0.6 is 22.9 Å². The van der Waals surface area contributed by atoms with Crippen LogP contribution < -0.4 is 10.1 Å². The van der Waals surface area contributed by atoms with Crippen LogP contribution in [0, 0.1) is 0 Å². The Morgan fingerprint density at radius 2 is 2.08 bits per heavy atom. The molecular formula is C15H12ClF3N4OS. The van der Waals surface area contributed by atoms with Crippen molar-refractivity contribution >= 4 is 39.0 Å². The van der Waals surface area contributed by atoms with E-state index in [1.54, 1.807) is 12.3 Å². The van der Waals surface area contributed by atoms with Crippen molar-refractivity contribution < 1.29 is 17.9 Å². The summed E-state index contributed by atoms with van der Waals surface area (Å²) in [6, 6.07) is 2.12. The van der Waals surface area contributed by atoms with Gasteiger partial charge in [0.15, 0.2) is 0 Å². The highest BCUT2D eigenvalue weighted by molar-refractivity contribution is 7.17. The minimum absolute atomic E-state index is 0.115. The Labute approximate surface area is 149 Å². The Morgan fingerprint density at radius 3 is 2.76 bits per heavy atom. The van der Waals surface area contributed by atoms with Gasteiger partial charge in [-0.1, -0.05) is 11.6 Å². The summed E-state index contributed by atoms with van der Waals surface area (Å²) in [5, 5.41) is 6.17. The van der Waals surface area contributed by atoms with Crippen LogP contribution in [0.4, 0.5) is 19.0 Å². The number of nitrogens with one attached hydrogen (secondary N) is 1. The molecule has 0 aliphatic heterocycles. The second-order valence-corrected chi connectivity index (χ2v) is 6.44. The Morgan fingerprint density at radius 1 is 1.28 bits per heavy atom. The summed E-state index contributed by atoms with van der Waals surface area (Å²) in [5.74, 6) is 0.691. The van der Waals surface area contributed by atoms with E-state index in [9.17, 15) is 13.2 Å². The number of hydrogen-bond acceptors (Lipinski definition) is 6. The summed E-state index contributed by atoms with van der Waals surface area (Å²) in [4.78, 5) is 12.7. The molecule has 10 heteroatoms. The normalized spacial score (nSPS) is 13.0. The number of pyridine rings is 1. The van der Waals surface area contributed by atoms with Crippen LogP contribution in [0.25, 0.3) is 10.2 Å². The molecule has 0 bridgehead atoms. The third kappa shape index (κ3) is 4.10. The Balaban J connectivity index is 1.63. The van der Waals surface area contributed by atoms with Gasteiger partial charge in [-0.3, -0.25) is 0 Å². The Hall–Kier alpha value is -2.13. The molecule has 3 heterocycles. The van der Waals surface area contributed by atoms with Crippen LogP contribution in [0.1, 0.15) is 12.5 Å². The molecule has 0 aliphatic rings. The number of alkyl halides is 3. The van der Waals surface area contributed by atoms with E-state index in [0.717, 1.165) is 22.5 Å². The fourth-order valence-corrected chi connectivity index (χ4v) is 3.21. The number of aromatic nitrogens is 3. The molecule has 0 amide bonds. The van der Waals surface area contributed by atoms with Gasteiger partial charge in [0.1, 0.15) is 23.1 Å². The van der Waals surface area contributed by atoms with Crippen LogP contribution in [-0.4, -0.2) is 27.6 Å². The number of fused-ring (bicyclic) bond motifs is 1. The van der Waals surface area contributed by atoms with Gasteiger partial charge in [0.2, 0.25) is 5.88 Å². The number of rotatable bonds is 5. The first-order valence-corrected chi connectivity index (χ1v) is 8.42. The van der Waals surface area contributed by atoms with Crippen molar-refractivity contribution in [2.75, 3.05) is 11.9 Å². The molecule has 3 aromatic rings. The number of ether oxygens (including phenoxy) is 1. The third-order valence-electron chi connectivity index (χ3n) is 3.27. The molecule has 0 saturated heterocycles. The molecule has 3 rings (SSSR count). The zero-order valence-electron chi connectivity index (χ0n) is 12.8. The van der Waals surface area contributed by atoms with E-state index >= 15 is 0 Å². The van der Waals surface area contributed by atoms with Gasteiger partial charge in [-0.05, 0) is 13.0 Å². The van der Waals surface area contributed by atoms with Crippen molar-refractivity contribution in [3.05, 3.63) is 40.6 Å². The van der Waals surface area contributed by atoms with Crippen molar-refractivity contribution in [2.24, 2.45) is 0 Å². The topological polar surface area (TPSA) is 59.9 Å². The third-order valence-corrected chi connectivity index (χ3v) is 4.58. The molecule has 25 heavy (non-hydrogen) atoms. The first kappa shape index (κ1) is 17.7. The zero-order chi connectivity index (χ0) is 18.0. The molecule has 3 aromatic heterocycles. The van der Waals surface area contributed by atoms with Crippen LogP contribution in [0.5, 0.6) is 5.88 Å². The lowest BCUT2D eigenvalue weighted by atomic mass is 10.3. The lowest BCUT2D eigenvalue weighted by Gasteiger charge is -2.16. The van der Waals surface area contributed by atoms with E-state index in [0.29, 0.717) is 17.4 Å². The number of halogens is 4. The standard InChI is InChI=1S/C15H12ClF3N4OS/c1-8(24-11-3-2-9(5-20-11)15(17,18)19)4-21-13-12-10(16)6-25-14(12)23-7-22-13/h2-3,5-8H,4H2,1H3,(H,21,22,23). The quantitative estimate of drug-likeness (QED) is 0.690. The van der Waals surface area contributed by atoms with Crippen LogP contribution in [0.3, 0.4) is 0 Å². The number of thiophene rings is 1. The highest BCUT2D eigenvalue weighted by Crippen LogP contribution is 2.32. The lowest BCUT2D eigenvalue weighted by molar-refractivity contribution is -0.137. The average Bonchev–Trinajstić information content (AvgIpc) is 2.95. The van der Waals surface area contributed by atoms with Gasteiger partial charge in [-0.2, -0.15) is 13.2 Å². The van der Waals surface area contributed by atoms with Gasteiger partial charge < -0.3 is 10.1 Å². The maximum atomic E-state index is 12.5. The number of hydrogen-bond donors (Lipinski definition) is 1. The number of anilines is 1. The largest absolute Gasteiger partial charge is 0.473 e. The smallest absolute Gasteiger partial charge is 0.417 e. The fourth-order valence-electron chi connectivity index (χ4n) is 2.08. The summed E-state index contributed by atoms with van der Waals surface area (Å²) in [6.45, 7) is 2.13. The van der Waals surface area contributed by atoms with E-state index in [-0.39, 0.29) is 12.0 Å². The van der Waals surface area contributed by atoms with Gasteiger partial charge >= 0.3 is 6.18 Å². The number of nitrogens with zero attached hydrogens (tertiary/aromatic N) is 3. The maximum Gasteiger partial charge on any atom is 0.417 e. The predicted molar refractivity (Wildman–Crippen MR) is 90.2 cm³/mol. The molecule has 0 fully saturated rings. The van der Waals surface area contributed by atoms with Crippen LogP contribution in [0.2, 0.25) is 5.02 Å². The van der Waals surface area contributed by atoms with E-state index in [1.165, 1.54) is 23.7 Å². The minimum Gasteiger partial charge on any atom is -0.473 e. The van der Waals surface area contributed by atoms with Gasteiger partial charge in [0.25, 0.3) is 0 Å². The molecule has 0 radical (unpaired) electrons. The Bertz CT molecular complexity index is 869. The Kier molecular flexibility index (Phi) is 4.96. The van der Waals surface area contributed by atoms with E-state index in [1.807, 2.05) is 0 Å². The van der Waals surface area contributed by atoms with Crippen molar-refractivity contribution in [3.63, 3.8) is 0 Å². The molecule has 1 unspecified atom stereocenters. The summed E-state index contributed by atoms with van der Waals surface area (Å²) < 4.78 is 43.0. The van der Waals surface area contributed by atoms with Crippen LogP contribution in [-0.2, 0) is 6.18 Å². The van der Waals surface area contributed by atoms with Crippen molar-refractivity contribution in [3.8, 4) is 5.88 Å². The van der Waals surface area contributed by atoms with Gasteiger partial charge in [0, 0.05) is 17.6 Å². The molecule has 0 spiro atoms. The second kappa shape index (κ2) is 7.01. The monoisotopic (exact) mass is 388 g/mol. The minimum atomic E-state index is -4.42. The molecule has 5 nitrogen and oxygen atoms in total. The van der Waals surface area contributed by atoms with E-state index in [2.05, 4.69) is 20.3 Å². The maximum absolute atomic E-state index is 12.5. The molecule has 1 N–H and O–H groups in total. The van der Waals surface area contributed by atoms with Gasteiger partial charge in [-0.25, -0.2) is 15.0 Å². The lowest BCUT2D eigenvalue weighted by Crippen LogP contribution is -2.23. The molecule has 0 saturated carbocycles. The summed E-state index contributed by atoms with van der Waals surface area (Å²) in [5.41, 5.74) is -0.818. The summed E-state index contributed by atoms with van der Waals surface area (Å²) >= 11 is 7.54. The van der Waals surface area contributed by atoms with E-state index in [4.69, 9.17) is 16.3 Å². The summed E-state index contributed by atoms with van der Waals surface area (Å²) in [7, 11) is 0. The molecule has 0 aromatic carbocycles. The van der Waals surface area contributed by atoms with E-state index < -0.39 is 11.7 Å². The second-order valence-electron chi connectivity index (χ2n) is 5.18. The molecular weight excluding hydrogens is 377 g/mol. The SMILES string of the molecule is CC(CNc1ncnc2scc(Cl)c12)Oc1ccc(C(F)(F)F)cn1. The first-order valence-electron chi connectivity index (χ1n) is 7.16. The average molecular weight is 389 g/mol. The molecule has 1 atom stereocenters. The highest BCUT2D eigenvalue weighted by atomic mass is 35.5. The molecule has 0 aliphatic carbocycles. The van der Waals surface area contributed by atoms with Gasteiger partial charge in [0.05, 0.1) is 22.5 Å². The van der Waals surface area contributed by atoms with Gasteiger partial charge in [-0.15, -0.1) is 11.3 Å². The zero-order valence-corrected chi connectivity index (χ0v) is 14.4. The fraction of sp³-hybridized carbons (Fsp3) is 0.267. The van der Waals surface area contributed by atoms with Crippen molar-refractivity contribution in [1.29, 1.82) is 0 Å². The first-order chi connectivity index (χ1) is 11.8. The summed E-state index contributed by atoms with van der Waals surface area (Å²) in [6.07, 6.45) is -2.60. The highest BCUT2D eigenvalue weighted by Gasteiger charge is 2.30. The van der Waals surface area contributed by atoms with Crippen molar-refractivity contribution in [2.45, 2.75) is 19.2 Å².